The quantitative estimate of drug-likeness (QED) is 0.0439. The number of amides is 8. The summed E-state index contributed by atoms with van der Waals surface area (Å²) in [6, 6.07) is 1.72. The number of aliphatic hydroxyl groups excluding tert-OH is 1. The predicted molar refractivity (Wildman–Crippen MR) is 222 cm³/mol. The Balaban J connectivity index is 1.73. The number of carbonyl (C=O) groups is 8. The molecule has 0 aliphatic carbocycles. The highest BCUT2D eigenvalue weighted by molar-refractivity contribution is 5.97. The van der Waals surface area contributed by atoms with E-state index < -0.39 is 102 Å². The molecule has 0 radical (unpaired) electrons. The number of hydrogen-bond acceptors (Lipinski definition) is 12. The second-order valence-electron chi connectivity index (χ2n) is 15.2. The number of H-pyrrole nitrogens is 1. The summed E-state index contributed by atoms with van der Waals surface area (Å²) < 4.78 is 0. The van der Waals surface area contributed by atoms with E-state index in [0.29, 0.717) is 56.5 Å². The normalized spacial score (nSPS) is 17.0. The highest BCUT2D eigenvalue weighted by Crippen LogP contribution is 2.18. The van der Waals surface area contributed by atoms with Gasteiger partial charge in [0, 0.05) is 31.3 Å². The SMILES string of the molecule is CC[C@H](C)[C@H](NC(=O)[C@H](Cc1cnc[nH]1)NC(=O)[C@@H](NC(=O)CNC(=O)[C@H](Cc1ccccc1)NC(=O)[C@@H]1CCCN1C(=O)CN)[C@@H](C)O)C(=O)N[C@@H](CCCCN)C(N)=O. The maximum absolute atomic E-state index is 13.9. The average Bonchev–Trinajstić information content (AvgIpc) is 3.96. The molecule has 0 saturated carbocycles. The maximum Gasteiger partial charge on any atom is 0.245 e. The highest BCUT2D eigenvalue weighted by atomic mass is 16.3. The predicted octanol–water partition coefficient (Wildman–Crippen LogP) is -3.27. The van der Waals surface area contributed by atoms with Gasteiger partial charge in [0.15, 0.2) is 0 Å². The Morgan fingerprint density at radius 1 is 0.852 bits per heavy atom. The summed E-state index contributed by atoms with van der Waals surface area (Å²) in [6.45, 7) is 4.58. The van der Waals surface area contributed by atoms with Gasteiger partial charge in [-0.05, 0) is 57.1 Å². The molecule has 0 unspecified atom stereocenters. The molecule has 1 saturated heterocycles. The van der Waals surface area contributed by atoms with Crippen LogP contribution in [0.5, 0.6) is 0 Å². The van der Waals surface area contributed by atoms with Crippen molar-refractivity contribution in [1.29, 1.82) is 0 Å². The topological polar surface area (TPSA) is 339 Å². The molecule has 21 nitrogen and oxygen atoms in total. The number of aromatic nitrogens is 2. The third kappa shape index (κ3) is 15.6. The summed E-state index contributed by atoms with van der Waals surface area (Å²) in [6.07, 6.45) is 4.02. The van der Waals surface area contributed by atoms with Crippen LogP contribution in [0.1, 0.15) is 70.6 Å². The number of benzene rings is 1. The van der Waals surface area contributed by atoms with Crippen LogP contribution in [0, 0.1) is 5.92 Å². The fraction of sp³-hybridized carbons (Fsp3) is 0.575. The number of unbranched alkanes of at least 4 members (excludes halogenated alkanes) is 1. The Labute approximate surface area is 354 Å². The minimum Gasteiger partial charge on any atom is -0.391 e. The van der Waals surface area contributed by atoms with Crippen LogP contribution >= 0.6 is 0 Å². The van der Waals surface area contributed by atoms with Gasteiger partial charge in [-0.2, -0.15) is 0 Å². The van der Waals surface area contributed by atoms with Crippen molar-refractivity contribution >= 4 is 47.3 Å². The zero-order valence-electron chi connectivity index (χ0n) is 35.0. The number of aromatic amines is 1. The number of primary amides is 1. The molecule has 0 spiro atoms. The summed E-state index contributed by atoms with van der Waals surface area (Å²) in [5, 5.41) is 26.0. The molecule has 8 atom stereocenters. The second-order valence-corrected chi connectivity index (χ2v) is 15.2. The molecule has 1 aromatic carbocycles. The number of aliphatic hydroxyl groups is 1. The minimum atomic E-state index is -1.62. The van der Waals surface area contributed by atoms with E-state index in [9.17, 15) is 43.5 Å². The lowest BCUT2D eigenvalue weighted by atomic mass is 9.96. The van der Waals surface area contributed by atoms with Gasteiger partial charge in [0.05, 0.1) is 25.5 Å². The number of likely N-dealkylation sites (tertiary alicyclic amines) is 1. The monoisotopic (exact) mass is 854 g/mol. The zero-order chi connectivity index (χ0) is 45.1. The van der Waals surface area contributed by atoms with Crippen molar-refractivity contribution in [2.24, 2.45) is 23.1 Å². The Kier molecular flexibility index (Phi) is 20.2. The summed E-state index contributed by atoms with van der Waals surface area (Å²) in [4.78, 5) is 114. The lowest BCUT2D eigenvalue weighted by molar-refractivity contribution is -0.138. The molecular formula is C40H62N12O9. The van der Waals surface area contributed by atoms with E-state index >= 15 is 0 Å². The van der Waals surface area contributed by atoms with E-state index in [0.717, 1.165) is 0 Å². The fourth-order valence-corrected chi connectivity index (χ4v) is 6.78. The van der Waals surface area contributed by atoms with Gasteiger partial charge in [0.2, 0.25) is 47.3 Å². The number of nitrogens with two attached hydrogens (primary N) is 3. The molecule has 8 amide bonds. The van der Waals surface area contributed by atoms with Crippen LogP contribution in [-0.4, -0.2) is 136 Å². The number of carbonyl (C=O) groups excluding carboxylic acids is 8. The van der Waals surface area contributed by atoms with Gasteiger partial charge >= 0.3 is 0 Å². The van der Waals surface area contributed by atoms with Gasteiger partial charge in [-0.3, -0.25) is 38.4 Å². The van der Waals surface area contributed by atoms with Crippen LogP contribution in [0.4, 0.5) is 0 Å². The molecule has 21 heteroatoms. The molecule has 3 rings (SSSR count). The van der Waals surface area contributed by atoms with Crippen molar-refractivity contribution in [2.75, 3.05) is 26.2 Å². The number of hydrogen-bond donors (Lipinski definition) is 11. The smallest absolute Gasteiger partial charge is 0.245 e. The average molecular weight is 855 g/mol. The maximum atomic E-state index is 13.9. The van der Waals surface area contributed by atoms with Gasteiger partial charge < -0.3 is 64.1 Å². The van der Waals surface area contributed by atoms with Crippen LogP contribution in [0.15, 0.2) is 42.9 Å². The van der Waals surface area contributed by atoms with Crippen molar-refractivity contribution in [3.8, 4) is 0 Å². The van der Waals surface area contributed by atoms with Gasteiger partial charge in [0.1, 0.15) is 36.3 Å². The summed E-state index contributed by atoms with van der Waals surface area (Å²) in [5.41, 5.74) is 17.8. The molecule has 61 heavy (non-hydrogen) atoms. The second kappa shape index (κ2) is 25.0. The first-order valence-corrected chi connectivity index (χ1v) is 20.6. The van der Waals surface area contributed by atoms with Gasteiger partial charge in [0.25, 0.3) is 0 Å². The molecular weight excluding hydrogens is 793 g/mol. The van der Waals surface area contributed by atoms with Crippen molar-refractivity contribution in [2.45, 2.75) is 114 Å². The molecule has 1 fully saturated rings. The number of nitrogens with zero attached hydrogens (tertiary/aromatic N) is 2. The first kappa shape index (κ1) is 49.4. The largest absolute Gasteiger partial charge is 0.391 e. The van der Waals surface area contributed by atoms with Crippen molar-refractivity contribution in [3.05, 3.63) is 54.1 Å². The molecule has 336 valence electrons. The van der Waals surface area contributed by atoms with E-state index in [4.69, 9.17) is 17.2 Å². The Morgan fingerprint density at radius 2 is 1.52 bits per heavy atom. The lowest BCUT2D eigenvalue weighted by Crippen LogP contribution is -2.61. The van der Waals surface area contributed by atoms with Crippen molar-refractivity contribution < 1.29 is 43.5 Å². The van der Waals surface area contributed by atoms with E-state index in [-0.39, 0.29) is 25.8 Å². The first-order chi connectivity index (χ1) is 29.1. The molecule has 2 aromatic rings. The Morgan fingerprint density at radius 3 is 2.13 bits per heavy atom. The third-order valence-corrected chi connectivity index (χ3v) is 10.5. The summed E-state index contributed by atoms with van der Waals surface area (Å²) in [7, 11) is 0. The van der Waals surface area contributed by atoms with Gasteiger partial charge in [-0.1, -0.05) is 50.6 Å². The molecule has 0 bridgehead atoms. The number of nitrogens with one attached hydrogen (secondary N) is 7. The van der Waals surface area contributed by atoms with E-state index in [1.54, 1.807) is 37.3 Å². The van der Waals surface area contributed by atoms with Crippen LogP contribution < -0.4 is 49.1 Å². The fourth-order valence-electron chi connectivity index (χ4n) is 6.78. The number of rotatable bonds is 25. The Bertz CT molecular complexity index is 1780. The standard InChI is InChI=1S/C40H62N12O9/c1-4-23(2)33(39(60)47-27(35(43)56)13-8-9-15-41)51-37(58)29(18-26-20-44-22-46-26)49-40(61)34(24(3)53)50-31(54)21-45-36(57)28(17-25-11-6-5-7-12-25)48-38(59)30-14-10-16-52(30)32(55)19-42/h5-7,11-12,20,22-24,27-30,33-34,53H,4,8-10,13-19,21,41-42H2,1-3H3,(H2,43,56)(H,44,46)(H,45,57)(H,47,60)(H,48,59)(H,49,61)(H,50,54)(H,51,58)/t23-,24+,27-,28-,29-,30-,33-,34-/m0/s1. The highest BCUT2D eigenvalue weighted by Gasteiger charge is 2.37. The first-order valence-electron chi connectivity index (χ1n) is 20.6. The van der Waals surface area contributed by atoms with Crippen LogP contribution in [0.2, 0.25) is 0 Å². The minimum absolute atomic E-state index is 0.0517. The lowest BCUT2D eigenvalue weighted by Gasteiger charge is -2.29. The summed E-state index contributed by atoms with van der Waals surface area (Å²) in [5.74, 6) is -6.14. The summed E-state index contributed by atoms with van der Waals surface area (Å²) >= 11 is 0. The van der Waals surface area contributed by atoms with Crippen LogP contribution in [0.3, 0.4) is 0 Å². The number of imidazole rings is 1. The van der Waals surface area contributed by atoms with Gasteiger partial charge in [-0.15, -0.1) is 0 Å². The van der Waals surface area contributed by atoms with E-state index in [2.05, 4.69) is 41.9 Å². The Hall–Kier alpha value is -5.93. The van der Waals surface area contributed by atoms with Crippen molar-refractivity contribution in [3.63, 3.8) is 0 Å². The third-order valence-electron chi connectivity index (χ3n) is 10.5. The van der Waals surface area contributed by atoms with Crippen LogP contribution in [0.25, 0.3) is 0 Å². The van der Waals surface area contributed by atoms with Crippen LogP contribution in [-0.2, 0) is 51.2 Å². The molecule has 1 aromatic heterocycles. The molecule has 1 aliphatic heterocycles. The zero-order valence-corrected chi connectivity index (χ0v) is 35.0. The molecule has 2 heterocycles. The molecule has 1 aliphatic rings. The van der Waals surface area contributed by atoms with E-state index in [1.165, 1.54) is 24.3 Å². The van der Waals surface area contributed by atoms with Crippen molar-refractivity contribution in [1.82, 2.24) is 46.8 Å². The molecule has 14 N–H and O–H groups in total. The van der Waals surface area contributed by atoms with E-state index in [1.807, 2.05) is 6.92 Å². The van der Waals surface area contributed by atoms with Gasteiger partial charge in [-0.25, -0.2) is 4.98 Å².